The smallest absolute Gasteiger partial charge is 0.358 e. The van der Waals surface area contributed by atoms with Crippen molar-refractivity contribution < 1.29 is 14.3 Å². The van der Waals surface area contributed by atoms with Crippen molar-refractivity contribution >= 4 is 5.97 Å². The van der Waals surface area contributed by atoms with Crippen LogP contribution in [-0.2, 0) is 4.74 Å². The van der Waals surface area contributed by atoms with E-state index in [1.165, 1.54) is 19.5 Å². The zero-order chi connectivity index (χ0) is 13.0. The first kappa shape index (κ1) is 12.0. The van der Waals surface area contributed by atoms with Gasteiger partial charge in [-0.25, -0.2) is 14.8 Å². The number of esters is 1. The molecule has 2 rings (SSSR count). The van der Waals surface area contributed by atoms with Gasteiger partial charge in [0.1, 0.15) is 5.75 Å². The van der Waals surface area contributed by atoms with Gasteiger partial charge in [0.25, 0.3) is 0 Å². The SMILES string of the molecule is COC(=O)c1cnc(Oc2ccc(C)nc2)cn1. The second kappa shape index (κ2) is 5.22. The number of nitrogens with zero attached hydrogens (tertiary/aromatic N) is 3. The van der Waals surface area contributed by atoms with Gasteiger partial charge in [0.2, 0.25) is 5.88 Å². The molecule has 0 spiro atoms. The number of carbonyl (C=O) groups excluding carboxylic acids is 1. The lowest BCUT2D eigenvalue weighted by atomic mass is 10.4. The van der Waals surface area contributed by atoms with Gasteiger partial charge in [0.05, 0.1) is 25.7 Å². The van der Waals surface area contributed by atoms with Gasteiger partial charge in [-0.3, -0.25) is 4.98 Å². The molecule has 92 valence electrons. The van der Waals surface area contributed by atoms with E-state index in [1.807, 2.05) is 13.0 Å². The molecule has 18 heavy (non-hydrogen) atoms. The Hall–Kier alpha value is -2.50. The highest BCUT2D eigenvalue weighted by Crippen LogP contribution is 2.17. The Bertz CT molecular complexity index is 537. The second-order valence-electron chi connectivity index (χ2n) is 3.47. The van der Waals surface area contributed by atoms with Crippen LogP contribution < -0.4 is 4.74 Å². The minimum absolute atomic E-state index is 0.131. The van der Waals surface area contributed by atoms with Crippen molar-refractivity contribution in [2.75, 3.05) is 7.11 Å². The predicted octanol–water partition coefficient (Wildman–Crippen LogP) is 1.76. The number of carbonyl (C=O) groups is 1. The van der Waals surface area contributed by atoms with Gasteiger partial charge >= 0.3 is 5.97 Å². The molecule has 0 aliphatic carbocycles. The van der Waals surface area contributed by atoms with Gasteiger partial charge in [-0.05, 0) is 19.1 Å². The number of methoxy groups -OCH3 is 1. The van der Waals surface area contributed by atoms with E-state index >= 15 is 0 Å². The van der Waals surface area contributed by atoms with E-state index < -0.39 is 5.97 Å². The maximum atomic E-state index is 11.1. The number of ether oxygens (including phenoxy) is 2. The van der Waals surface area contributed by atoms with E-state index in [9.17, 15) is 4.79 Å². The topological polar surface area (TPSA) is 74.2 Å². The molecular weight excluding hydrogens is 234 g/mol. The largest absolute Gasteiger partial charge is 0.464 e. The highest BCUT2D eigenvalue weighted by atomic mass is 16.5. The molecule has 0 aromatic carbocycles. The molecule has 6 heteroatoms. The lowest BCUT2D eigenvalue weighted by molar-refractivity contribution is 0.0593. The van der Waals surface area contributed by atoms with Crippen molar-refractivity contribution in [3.8, 4) is 11.6 Å². The zero-order valence-electron chi connectivity index (χ0n) is 9.95. The number of aromatic nitrogens is 3. The molecule has 0 amide bonds. The molecule has 0 saturated carbocycles. The molecule has 0 aliphatic rings. The van der Waals surface area contributed by atoms with Crippen LogP contribution in [0.25, 0.3) is 0 Å². The summed E-state index contributed by atoms with van der Waals surface area (Å²) in [6, 6.07) is 3.60. The Balaban J connectivity index is 2.10. The summed E-state index contributed by atoms with van der Waals surface area (Å²) in [7, 11) is 1.28. The molecule has 6 nitrogen and oxygen atoms in total. The first-order chi connectivity index (χ1) is 8.69. The summed E-state index contributed by atoms with van der Waals surface area (Å²) in [5.74, 6) is 0.306. The van der Waals surface area contributed by atoms with Crippen LogP contribution in [0, 0.1) is 6.92 Å². The normalized spacial score (nSPS) is 9.89. The fraction of sp³-hybridized carbons (Fsp3) is 0.167. The van der Waals surface area contributed by atoms with Gasteiger partial charge in [0.15, 0.2) is 5.69 Å². The number of rotatable bonds is 3. The molecule has 2 heterocycles. The van der Waals surface area contributed by atoms with Gasteiger partial charge in [-0.2, -0.15) is 0 Å². The maximum Gasteiger partial charge on any atom is 0.358 e. The van der Waals surface area contributed by atoms with E-state index in [1.54, 1.807) is 12.3 Å². The summed E-state index contributed by atoms with van der Waals surface area (Å²) in [5, 5.41) is 0. The highest BCUT2D eigenvalue weighted by Gasteiger charge is 2.08. The first-order valence-electron chi connectivity index (χ1n) is 5.20. The van der Waals surface area contributed by atoms with Gasteiger partial charge in [0, 0.05) is 5.69 Å². The van der Waals surface area contributed by atoms with Crippen LogP contribution in [0.4, 0.5) is 0 Å². The Morgan fingerprint density at radius 3 is 2.50 bits per heavy atom. The molecule has 0 bridgehead atoms. The van der Waals surface area contributed by atoms with Crippen molar-refractivity contribution in [3.63, 3.8) is 0 Å². The first-order valence-corrected chi connectivity index (χ1v) is 5.20. The average Bonchev–Trinajstić information content (AvgIpc) is 2.41. The third kappa shape index (κ3) is 2.79. The number of hydrogen-bond acceptors (Lipinski definition) is 6. The molecule has 2 aromatic heterocycles. The lowest BCUT2D eigenvalue weighted by Gasteiger charge is -2.04. The van der Waals surface area contributed by atoms with Crippen molar-refractivity contribution in [1.29, 1.82) is 0 Å². The Morgan fingerprint density at radius 2 is 1.94 bits per heavy atom. The highest BCUT2D eigenvalue weighted by molar-refractivity contribution is 5.86. The summed E-state index contributed by atoms with van der Waals surface area (Å²) >= 11 is 0. The van der Waals surface area contributed by atoms with E-state index in [0.717, 1.165) is 5.69 Å². The quantitative estimate of drug-likeness (QED) is 0.767. The van der Waals surface area contributed by atoms with Gasteiger partial charge < -0.3 is 9.47 Å². The Morgan fingerprint density at radius 1 is 1.11 bits per heavy atom. The molecule has 0 radical (unpaired) electrons. The molecule has 0 fully saturated rings. The van der Waals surface area contributed by atoms with Crippen LogP contribution in [0.15, 0.2) is 30.7 Å². The van der Waals surface area contributed by atoms with E-state index in [2.05, 4.69) is 19.7 Å². The fourth-order valence-corrected chi connectivity index (χ4v) is 1.21. The minimum atomic E-state index is -0.536. The van der Waals surface area contributed by atoms with Gasteiger partial charge in [-0.15, -0.1) is 0 Å². The predicted molar refractivity (Wildman–Crippen MR) is 62.4 cm³/mol. The van der Waals surface area contributed by atoms with Crippen LogP contribution in [0.2, 0.25) is 0 Å². The summed E-state index contributed by atoms with van der Waals surface area (Å²) < 4.78 is 9.93. The van der Waals surface area contributed by atoms with E-state index in [4.69, 9.17) is 4.74 Å². The molecule has 0 saturated heterocycles. The molecule has 0 unspecified atom stereocenters. The molecule has 0 aliphatic heterocycles. The summed E-state index contributed by atoms with van der Waals surface area (Å²) in [4.78, 5) is 23.1. The van der Waals surface area contributed by atoms with E-state index in [-0.39, 0.29) is 11.6 Å². The third-order valence-corrected chi connectivity index (χ3v) is 2.13. The van der Waals surface area contributed by atoms with Crippen LogP contribution in [0.1, 0.15) is 16.2 Å². The summed E-state index contributed by atoms with van der Waals surface area (Å²) in [6.45, 7) is 1.88. The van der Waals surface area contributed by atoms with Crippen LogP contribution >= 0.6 is 0 Å². The summed E-state index contributed by atoms with van der Waals surface area (Å²) in [5.41, 5.74) is 1.03. The number of aryl methyl sites for hydroxylation is 1. The zero-order valence-corrected chi connectivity index (χ0v) is 9.95. The number of hydrogen-bond donors (Lipinski definition) is 0. The standard InChI is InChI=1S/C12H11N3O3/c1-8-3-4-9(5-13-8)18-11-7-14-10(6-15-11)12(16)17-2/h3-7H,1-2H3. The van der Waals surface area contributed by atoms with Crippen molar-refractivity contribution in [2.24, 2.45) is 0 Å². The molecule has 2 aromatic rings. The minimum Gasteiger partial charge on any atom is -0.464 e. The molecule has 0 N–H and O–H groups in total. The maximum absolute atomic E-state index is 11.1. The third-order valence-electron chi connectivity index (χ3n) is 2.13. The van der Waals surface area contributed by atoms with Gasteiger partial charge in [-0.1, -0.05) is 0 Å². The van der Waals surface area contributed by atoms with Crippen molar-refractivity contribution in [1.82, 2.24) is 15.0 Å². The fourth-order valence-electron chi connectivity index (χ4n) is 1.21. The van der Waals surface area contributed by atoms with Crippen molar-refractivity contribution in [3.05, 3.63) is 42.1 Å². The Kier molecular flexibility index (Phi) is 3.47. The van der Waals surface area contributed by atoms with E-state index in [0.29, 0.717) is 5.75 Å². The van der Waals surface area contributed by atoms with Crippen molar-refractivity contribution in [2.45, 2.75) is 6.92 Å². The van der Waals surface area contributed by atoms with Crippen LogP contribution in [0.5, 0.6) is 11.6 Å². The number of pyridine rings is 1. The Labute approximate surface area is 104 Å². The monoisotopic (exact) mass is 245 g/mol. The molecule has 0 atom stereocenters. The molecular formula is C12H11N3O3. The average molecular weight is 245 g/mol. The van der Waals surface area contributed by atoms with Crippen LogP contribution in [-0.4, -0.2) is 28.0 Å². The van der Waals surface area contributed by atoms with Crippen LogP contribution in [0.3, 0.4) is 0 Å². The lowest BCUT2D eigenvalue weighted by Crippen LogP contribution is -2.04. The summed E-state index contributed by atoms with van der Waals surface area (Å²) in [6.07, 6.45) is 4.24. The second-order valence-corrected chi connectivity index (χ2v) is 3.47.